The van der Waals surface area contributed by atoms with Crippen LogP contribution >= 0.6 is 11.6 Å². The molecule has 0 bridgehead atoms. The first-order valence-corrected chi connectivity index (χ1v) is 7.15. The van der Waals surface area contributed by atoms with Crippen LogP contribution in [0.1, 0.15) is 12.8 Å². The highest BCUT2D eigenvalue weighted by Crippen LogP contribution is 2.30. The minimum Gasteiger partial charge on any atom is -0.274 e. The van der Waals surface area contributed by atoms with E-state index in [-0.39, 0.29) is 18.0 Å². The summed E-state index contributed by atoms with van der Waals surface area (Å²) in [6, 6.07) is 3.10. The number of nitro groups is 1. The molecular formula is C10H9ClN2O5S. The largest absolute Gasteiger partial charge is 0.274 e. The maximum Gasteiger partial charge on any atom is 0.270 e. The average molecular weight is 305 g/mol. The van der Waals surface area contributed by atoms with E-state index >= 15 is 0 Å². The quantitative estimate of drug-likeness (QED) is 0.623. The summed E-state index contributed by atoms with van der Waals surface area (Å²) in [5, 5.41) is 10.5. The van der Waals surface area contributed by atoms with Gasteiger partial charge in [-0.2, -0.15) is 0 Å². The minimum atomic E-state index is -4.13. The average Bonchev–Trinajstić information content (AvgIpc) is 2.76. The summed E-state index contributed by atoms with van der Waals surface area (Å²) in [5.74, 6) is -0.525. The Morgan fingerprint density at radius 1 is 1.37 bits per heavy atom. The number of hydrogen-bond donors (Lipinski definition) is 0. The first kappa shape index (κ1) is 13.8. The summed E-state index contributed by atoms with van der Waals surface area (Å²) in [5.41, 5.74) is -0.394. The number of non-ortho nitro benzene ring substituents is 1. The molecule has 9 heteroatoms. The normalized spacial score (nSPS) is 15.8. The van der Waals surface area contributed by atoms with E-state index in [1.165, 1.54) is 0 Å². The SMILES string of the molecule is O=C1CCCN1S(=O)(=O)c1cc([N+](=O)[O-])ccc1Cl. The summed E-state index contributed by atoms with van der Waals surface area (Å²) in [4.78, 5) is 21.0. The molecule has 19 heavy (non-hydrogen) atoms. The predicted octanol–water partition coefficient (Wildman–Crippen LogP) is 1.56. The number of amides is 1. The molecule has 102 valence electrons. The van der Waals surface area contributed by atoms with Gasteiger partial charge in [0.1, 0.15) is 4.90 Å². The Kier molecular flexibility index (Phi) is 3.46. The van der Waals surface area contributed by atoms with Crippen molar-refractivity contribution < 1.29 is 18.1 Å². The third kappa shape index (κ3) is 2.41. The Morgan fingerprint density at radius 2 is 2.05 bits per heavy atom. The van der Waals surface area contributed by atoms with Crippen molar-refractivity contribution in [3.63, 3.8) is 0 Å². The van der Waals surface area contributed by atoms with Gasteiger partial charge in [-0.25, -0.2) is 12.7 Å². The number of halogens is 1. The number of nitrogens with zero attached hydrogens (tertiary/aromatic N) is 2. The maximum absolute atomic E-state index is 12.2. The lowest BCUT2D eigenvalue weighted by Gasteiger charge is -2.16. The van der Waals surface area contributed by atoms with Crippen molar-refractivity contribution in [2.45, 2.75) is 17.7 Å². The van der Waals surface area contributed by atoms with E-state index in [0.29, 0.717) is 10.7 Å². The van der Waals surface area contributed by atoms with Gasteiger partial charge in [-0.15, -0.1) is 0 Å². The van der Waals surface area contributed by atoms with Crippen molar-refractivity contribution in [3.8, 4) is 0 Å². The van der Waals surface area contributed by atoms with E-state index in [2.05, 4.69) is 0 Å². The van der Waals surface area contributed by atoms with Crippen molar-refractivity contribution >= 4 is 33.2 Å². The van der Waals surface area contributed by atoms with E-state index in [4.69, 9.17) is 11.6 Å². The first-order valence-electron chi connectivity index (χ1n) is 5.33. The van der Waals surface area contributed by atoms with Crippen molar-refractivity contribution in [2.75, 3.05) is 6.54 Å². The van der Waals surface area contributed by atoms with Gasteiger partial charge in [0.25, 0.3) is 15.7 Å². The summed E-state index contributed by atoms with van der Waals surface area (Å²) in [6.07, 6.45) is 0.580. The number of rotatable bonds is 3. The predicted molar refractivity (Wildman–Crippen MR) is 66.2 cm³/mol. The molecule has 1 amide bonds. The molecule has 1 aromatic carbocycles. The lowest BCUT2D eigenvalue weighted by Crippen LogP contribution is -2.32. The van der Waals surface area contributed by atoms with Crippen LogP contribution in [0.15, 0.2) is 23.1 Å². The molecule has 0 spiro atoms. The number of carbonyl (C=O) groups excluding carboxylic acids is 1. The molecule has 0 saturated carbocycles. The third-order valence-corrected chi connectivity index (χ3v) is 5.03. The zero-order chi connectivity index (χ0) is 14.2. The molecule has 0 unspecified atom stereocenters. The molecule has 1 aliphatic rings. The van der Waals surface area contributed by atoms with Crippen LogP contribution in [0.25, 0.3) is 0 Å². The molecule has 0 aromatic heterocycles. The van der Waals surface area contributed by atoms with Crippen molar-refractivity contribution in [1.82, 2.24) is 4.31 Å². The Balaban J connectivity index is 2.54. The van der Waals surface area contributed by atoms with Crippen LogP contribution < -0.4 is 0 Å². The topological polar surface area (TPSA) is 97.6 Å². The van der Waals surface area contributed by atoms with Crippen LogP contribution in [-0.4, -0.2) is 30.1 Å². The van der Waals surface area contributed by atoms with E-state index in [1.807, 2.05) is 0 Å². The lowest BCUT2D eigenvalue weighted by atomic mass is 10.3. The van der Waals surface area contributed by atoms with Gasteiger partial charge >= 0.3 is 0 Å². The number of benzene rings is 1. The highest BCUT2D eigenvalue weighted by Gasteiger charge is 2.35. The monoisotopic (exact) mass is 304 g/mol. The van der Waals surface area contributed by atoms with Gasteiger partial charge in [0.2, 0.25) is 5.91 Å². The van der Waals surface area contributed by atoms with Crippen molar-refractivity contribution in [2.24, 2.45) is 0 Å². The molecular weight excluding hydrogens is 296 g/mol. The molecule has 1 fully saturated rings. The fourth-order valence-electron chi connectivity index (χ4n) is 1.80. The molecule has 2 rings (SSSR count). The Hall–Kier alpha value is -1.67. The summed E-state index contributed by atoms with van der Waals surface area (Å²) in [6.45, 7) is 0.0696. The molecule has 0 N–H and O–H groups in total. The standard InChI is InChI=1S/C10H9ClN2O5S/c11-8-4-3-7(13(15)16)6-9(8)19(17,18)12-5-1-2-10(12)14/h3-4,6H,1-2,5H2. The van der Waals surface area contributed by atoms with Gasteiger partial charge in [0.05, 0.1) is 9.95 Å². The Bertz CT molecular complexity index is 658. The van der Waals surface area contributed by atoms with Gasteiger partial charge in [0.15, 0.2) is 0 Å². The molecule has 0 radical (unpaired) electrons. The third-order valence-electron chi connectivity index (χ3n) is 2.72. The van der Waals surface area contributed by atoms with Crippen LogP contribution in [0.5, 0.6) is 0 Å². The summed E-state index contributed by atoms with van der Waals surface area (Å²) < 4.78 is 25.2. The molecule has 7 nitrogen and oxygen atoms in total. The smallest absolute Gasteiger partial charge is 0.270 e. The Labute approximate surface area is 114 Å². The zero-order valence-electron chi connectivity index (χ0n) is 9.58. The van der Waals surface area contributed by atoms with Gasteiger partial charge < -0.3 is 0 Å². The molecule has 0 aliphatic carbocycles. The van der Waals surface area contributed by atoms with E-state index in [9.17, 15) is 23.3 Å². The summed E-state index contributed by atoms with van der Waals surface area (Å²) in [7, 11) is -4.13. The summed E-state index contributed by atoms with van der Waals surface area (Å²) >= 11 is 5.77. The number of nitro benzene ring substituents is 1. The lowest BCUT2D eigenvalue weighted by molar-refractivity contribution is -0.385. The molecule has 1 aromatic rings. The molecule has 1 heterocycles. The van der Waals surface area contributed by atoms with E-state index in [1.54, 1.807) is 0 Å². The van der Waals surface area contributed by atoms with Crippen LogP contribution in [0.2, 0.25) is 5.02 Å². The molecule has 0 atom stereocenters. The molecule has 1 aliphatic heterocycles. The van der Waals surface area contributed by atoms with Gasteiger partial charge in [-0.05, 0) is 12.5 Å². The van der Waals surface area contributed by atoms with Crippen molar-refractivity contribution in [1.29, 1.82) is 0 Å². The highest BCUT2D eigenvalue weighted by atomic mass is 35.5. The fourth-order valence-corrected chi connectivity index (χ4v) is 3.76. The van der Waals surface area contributed by atoms with E-state index in [0.717, 1.165) is 18.2 Å². The second kappa shape index (κ2) is 4.78. The van der Waals surface area contributed by atoms with Gasteiger partial charge in [-0.1, -0.05) is 11.6 Å². The van der Waals surface area contributed by atoms with Gasteiger partial charge in [-0.3, -0.25) is 14.9 Å². The first-order chi connectivity index (χ1) is 8.84. The second-order valence-electron chi connectivity index (χ2n) is 3.95. The number of carbonyl (C=O) groups is 1. The molecule has 1 saturated heterocycles. The number of sulfonamides is 1. The fraction of sp³-hybridized carbons (Fsp3) is 0.300. The van der Waals surface area contributed by atoms with Crippen LogP contribution in [0.4, 0.5) is 5.69 Å². The minimum absolute atomic E-state index is 0.0696. The van der Waals surface area contributed by atoms with Crippen molar-refractivity contribution in [3.05, 3.63) is 33.3 Å². The van der Waals surface area contributed by atoms with Crippen LogP contribution in [0.3, 0.4) is 0 Å². The Morgan fingerprint density at radius 3 is 2.58 bits per heavy atom. The van der Waals surface area contributed by atoms with Gasteiger partial charge in [0, 0.05) is 25.1 Å². The zero-order valence-corrected chi connectivity index (χ0v) is 11.1. The van der Waals surface area contributed by atoms with E-state index < -0.39 is 31.4 Å². The second-order valence-corrected chi connectivity index (χ2v) is 6.18. The highest BCUT2D eigenvalue weighted by molar-refractivity contribution is 7.89. The van der Waals surface area contributed by atoms with Crippen LogP contribution in [-0.2, 0) is 14.8 Å². The number of hydrogen-bond acceptors (Lipinski definition) is 5. The maximum atomic E-state index is 12.2. The van der Waals surface area contributed by atoms with Crippen LogP contribution in [0, 0.1) is 10.1 Å².